The van der Waals surface area contributed by atoms with E-state index in [1.165, 1.54) is 12.1 Å². The van der Waals surface area contributed by atoms with Crippen LogP contribution in [-0.4, -0.2) is 32.4 Å². The molecule has 8 nitrogen and oxygen atoms in total. The van der Waals surface area contributed by atoms with Gasteiger partial charge in [0.25, 0.3) is 5.91 Å². The number of hydrogen-bond donors (Lipinski definition) is 2. The van der Waals surface area contributed by atoms with Crippen LogP contribution in [-0.2, 0) is 4.74 Å². The summed E-state index contributed by atoms with van der Waals surface area (Å²) >= 11 is 0. The number of aromatic nitrogens is 3. The molecule has 0 spiro atoms. The summed E-state index contributed by atoms with van der Waals surface area (Å²) in [5, 5.41) is 9.99. The van der Waals surface area contributed by atoms with Gasteiger partial charge in [-0.1, -0.05) is 0 Å². The first-order valence-electron chi connectivity index (χ1n) is 9.90. The molecular weight excluding hydrogens is 401 g/mol. The Morgan fingerprint density at radius 3 is 2.52 bits per heavy atom. The second-order valence-electron chi connectivity index (χ2n) is 8.51. The third kappa shape index (κ3) is 5.17. The molecule has 2 heterocycles. The van der Waals surface area contributed by atoms with Crippen molar-refractivity contribution in [2.75, 3.05) is 10.6 Å². The Balaban J connectivity index is 1.88. The predicted molar refractivity (Wildman–Crippen MR) is 117 cm³/mol. The maximum atomic E-state index is 14.4. The number of rotatable bonds is 4. The van der Waals surface area contributed by atoms with Crippen LogP contribution in [0.25, 0.3) is 11.0 Å². The molecule has 0 bridgehead atoms. The van der Waals surface area contributed by atoms with Crippen molar-refractivity contribution in [2.24, 2.45) is 0 Å². The van der Waals surface area contributed by atoms with Gasteiger partial charge in [0, 0.05) is 17.4 Å². The van der Waals surface area contributed by atoms with E-state index in [-0.39, 0.29) is 17.4 Å². The summed E-state index contributed by atoms with van der Waals surface area (Å²) in [5.74, 6) is -1.14. The van der Waals surface area contributed by atoms with Crippen molar-refractivity contribution in [2.45, 2.75) is 53.2 Å². The second-order valence-corrected chi connectivity index (χ2v) is 8.51. The minimum Gasteiger partial charge on any atom is -0.444 e. The number of hydrogen-bond acceptors (Lipinski definition) is 5. The van der Waals surface area contributed by atoms with Crippen molar-refractivity contribution in [3.05, 3.63) is 47.5 Å². The first-order valence-corrected chi connectivity index (χ1v) is 9.90. The Kier molecular flexibility index (Phi) is 5.97. The Bertz CT molecular complexity index is 1150. The largest absolute Gasteiger partial charge is 0.444 e. The Morgan fingerprint density at radius 2 is 1.87 bits per heavy atom. The fourth-order valence-corrected chi connectivity index (χ4v) is 3.02. The minimum atomic E-state index is -0.677. The molecule has 0 saturated heterocycles. The molecule has 9 heteroatoms. The number of aryl methyl sites for hydroxylation is 1. The van der Waals surface area contributed by atoms with E-state index in [9.17, 15) is 14.0 Å². The van der Waals surface area contributed by atoms with E-state index in [2.05, 4.69) is 20.7 Å². The van der Waals surface area contributed by atoms with E-state index < -0.39 is 23.4 Å². The molecule has 0 aliphatic carbocycles. The van der Waals surface area contributed by atoms with Crippen LogP contribution in [0.1, 0.15) is 56.7 Å². The van der Waals surface area contributed by atoms with E-state index >= 15 is 0 Å². The number of benzene rings is 1. The molecule has 2 N–H and O–H groups in total. The maximum Gasteiger partial charge on any atom is 0.412 e. The smallest absolute Gasteiger partial charge is 0.412 e. The van der Waals surface area contributed by atoms with Gasteiger partial charge in [-0.15, -0.1) is 0 Å². The van der Waals surface area contributed by atoms with Crippen LogP contribution in [0, 0.1) is 12.7 Å². The number of fused-ring (bicyclic) bond motifs is 1. The average Bonchev–Trinajstić information content (AvgIpc) is 3.06. The molecule has 3 aromatic rings. The summed E-state index contributed by atoms with van der Waals surface area (Å²) in [5.41, 5.74) is 1.10. The summed E-state index contributed by atoms with van der Waals surface area (Å²) in [4.78, 5) is 29.4. The summed E-state index contributed by atoms with van der Waals surface area (Å²) in [6.45, 7) is 10.9. The quantitative estimate of drug-likeness (QED) is 0.606. The normalized spacial score (nSPS) is 11.6. The zero-order valence-corrected chi connectivity index (χ0v) is 18.4. The lowest BCUT2D eigenvalue weighted by molar-refractivity contribution is 0.0635. The molecular formula is C22H26FN5O3. The number of carbonyl (C=O) groups is 2. The first kappa shape index (κ1) is 22.2. The number of anilines is 2. The Morgan fingerprint density at radius 1 is 1.16 bits per heavy atom. The molecule has 2 aromatic heterocycles. The fourth-order valence-electron chi connectivity index (χ4n) is 3.02. The molecule has 3 rings (SSSR count). The van der Waals surface area contributed by atoms with Gasteiger partial charge in [-0.05, 0) is 65.8 Å². The second kappa shape index (κ2) is 8.33. The number of nitrogens with zero attached hydrogens (tertiary/aromatic N) is 3. The monoisotopic (exact) mass is 427 g/mol. The van der Waals surface area contributed by atoms with E-state index in [4.69, 9.17) is 4.74 Å². The van der Waals surface area contributed by atoms with E-state index in [1.807, 2.05) is 13.8 Å². The van der Waals surface area contributed by atoms with Gasteiger partial charge >= 0.3 is 6.09 Å². The van der Waals surface area contributed by atoms with E-state index in [1.54, 1.807) is 44.6 Å². The van der Waals surface area contributed by atoms with Crippen LogP contribution < -0.4 is 10.6 Å². The predicted octanol–water partition coefficient (Wildman–Crippen LogP) is 5.06. The molecule has 2 amide bonds. The van der Waals surface area contributed by atoms with E-state index in [0.29, 0.717) is 22.3 Å². The number of pyridine rings is 1. The van der Waals surface area contributed by atoms with Gasteiger partial charge in [0.2, 0.25) is 0 Å². The van der Waals surface area contributed by atoms with Crippen LogP contribution >= 0.6 is 0 Å². The van der Waals surface area contributed by atoms with Gasteiger partial charge < -0.3 is 10.1 Å². The van der Waals surface area contributed by atoms with Gasteiger partial charge in [0.15, 0.2) is 5.65 Å². The molecule has 31 heavy (non-hydrogen) atoms. The molecule has 164 valence electrons. The van der Waals surface area contributed by atoms with Crippen LogP contribution in [0.15, 0.2) is 30.5 Å². The molecule has 1 aromatic carbocycles. The molecule has 0 radical (unpaired) electrons. The SMILES string of the molecule is Cc1cc(C(=O)Nc2cc(NC(=O)OC(C)(C)C)ccc2F)c2cnn(C(C)C)c2n1. The fraction of sp³-hybridized carbons (Fsp3) is 0.364. The highest BCUT2D eigenvalue weighted by Crippen LogP contribution is 2.25. The summed E-state index contributed by atoms with van der Waals surface area (Å²) < 4.78 is 21.3. The Hall–Kier alpha value is -3.49. The first-order chi connectivity index (χ1) is 14.4. The standard InChI is InChI=1S/C22H26FN5O3/c1-12(2)28-19-16(11-24-28)15(9-13(3)25-19)20(29)27-18-10-14(7-8-17(18)23)26-21(30)31-22(4,5)6/h7-12H,1-6H3,(H,26,30)(H,27,29). The van der Waals surface area contributed by atoms with Gasteiger partial charge in [-0.2, -0.15) is 5.10 Å². The van der Waals surface area contributed by atoms with Crippen LogP contribution in [0.4, 0.5) is 20.6 Å². The van der Waals surface area contributed by atoms with Gasteiger partial charge in [-0.3, -0.25) is 10.1 Å². The highest BCUT2D eigenvalue weighted by molar-refractivity contribution is 6.12. The number of halogens is 1. The lowest BCUT2D eigenvalue weighted by Crippen LogP contribution is -2.27. The molecule has 0 saturated carbocycles. The molecule has 0 unspecified atom stereocenters. The molecule has 0 aliphatic heterocycles. The summed E-state index contributed by atoms with van der Waals surface area (Å²) in [6, 6.07) is 5.57. The van der Waals surface area contributed by atoms with Gasteiger partial charge in [0.1, 0.15) is 11.4 Å². The van der Waals surface area contributed by atoms with Crippen molar-refractivity contribution >= 4 is 34.4 Å². The number of carbonyl (C=O) groups excluding carboxylic acids is 2. The minimum absolute atomic E-state index is 0.0655. The van der Waals surface area contributed by atoms with Crippen LogP contribution in [0.3, 0.4) is 0 Å². The highest BCUT2D eigenvalue weighted by atomic mass is 19.1. The number of nitrogens with one attached hydrogen (secondary N) is 2. The van der Waals surface area contributed by atoms with Gasteiger partial charge in [-0.25, -0.2) is 18.9 Å². The topological polar surface area (TPSA) is 98.1 Å². The summed E-state index contributed by atoms with van der Waals surface area (Å²) in [6.07, 6.45) is 0.900. The number of ether oxygens (including phenoxy) is 1. The van der Waals surface area contributed by atoms with Crippen molar-refractivity contribution in [1.82, 2.24) is 14.8 Å². The van der Waals surface area contributed by atoms with E-state index in [0.717, 1.165) is 6.07 Å². The molecule has 0 aliphatic rings. The molecule has 0 atom stereocenters. The maximum absolute atomic E-state index is 14.4. The van der Waals surface area contributed by atoms with Crippen LogP contribution in [0.2, 0.25) is 0 Å². The zero-order valence-electron chi connectivity index (χ0n) is 18.4. The van der Waals surface area contributed by atoms with Crippen molar-refractivity contribution in [1.29, 1.82) is 0 Å². The third-order valence-corrected chi connectivity index (χ3v) is 4.29. The van der Waals surface area contributed by atoms with Crippen molar-refractivity contribution in [3.8, 4) is 0 Å². The number of amides is 2. The Labute approximate surface area is 179 Å². The lowest BCUT2D eigenvalue weighted by atomic mass is 10.1. The van der Waals surface area contributed by atoms with Crippen LogP contribution in [0.5, 0.6) is 0 Å². The van der Waals surface area contributed by atoms with Gasteiger partial charge in [0.05, 0.1) is 22.8 Å². The third-order valence-electron chi connectivity index (χ3n) is 4.29. The lowest BCUT2D eigenvalue weighted by Gasteiger charge is -2.20. The van der Waals surface area contributed by atoms with Crippen molar-refractivity contribution < 1.29 is 18.7 Å². The zero-order chi connectivity index (χ0) is 22.9. The van der Waals surface area contributed by atoms with Crippen molar-refractivity contribution in [3.63, 3.8) is 0 Å². The average molecular weight is 427 g/mol. The molecule has 0 fully saturated rings. The summed E-state index contributed by atoms with van der Waals surface area (Å²) in [7, 11) is 0. The highest BCUT2D eigenvalue weighted by Gasteiger charge is 2.19.